The summed E-state index contributed by atoms with van der Waals surface area (Å²) >= 11 is 0. The second kappa shape index (κ2) is 6.40. The molecular weight excluding hydrogens is 294 g/mol. The third kappa shape index (κ3) is 4.40. The van der Waals surface area contributed by atoms with Crippen molar-refractivity contribution in [2.75, 3.05) is 24.7 Å². The summed E-state index contributed by atoms with van der Waals surface area (Å²) in [5.74, 6) is -0.729. The molecule has 8 heteroatoms. The predicted octanol–water partition coefficient (Wildman–Crippen LogP) is 0.620. The monoisotopic (exact) mass is 313 g/mol. The molecule has 116 valence electrons. The Hall–Kier alpha value is -1.67. The van der Waals surface area contributed by atoms with Gasteiger partial charge in [-0.2, -0.15) is 0 Å². The SMILES string of the molecule is CS(=O)(=O)NCCNc1nc2c(cc1C(=O)O)CCCC2. The first kappa shape index (κ1) is 15.7. The number of sulfonamides is 1. The Morgan fingerprint density at radius 2 is 2.05 bits per heavy atom. The van der Waals surface area contributed by atoms with Crippen LogP contribution in [0.3, 0.4) is 0 Å². The molecule has 0 unspecified atom stereocenters. The molecule has 7 nitrogen and oxygen atoms in total. The van der Waals surface area contributed by atoms with E-state index in [0.717, 1.165) is 43.2 Å². The lowest BCUT2D eigenvalue weighted by molar-refractivity contribution is 0.0697. The van der Waals surface area contributed by atoms with Crippen LogP contribution >= 0.6 is 0 Å². The smallest absolute Gasteiger partial charge is 0.339 e. The van der Waals surface area contributed by atoms with E-state index in [4.69, 9.17) is 0 Å². The highest BCUT2D eigenvalue weighted by Gasteiger charge is 2.18. The number of nitrogens with zero attached hydrogens (tertiary/aromatic N) is 1. The molecule has 0 saturated heterocycles. The first-order chi connectivity index (χ1) is 9.87. The number of aromatic carboxylic acids is 1. The minimum absolute atomic E-state index is 0.134. The largest absolute Gasteiger partial charge is 0.478 e. The molecule has 0 radical (unpaired) electrons. The normalized spacial score (nSPS) is 14.5. The van der Waals surface area contributed by atoms with Gasteiger partial charge in [-0.25, -0.2) is 22.9 Å². The number of nitrogens with one attached hydrogen (secondary N) is 2. The standard InChI is InChI=1S/C13H19N3O4S/c1-21(19,20)15-7-6-14-12-10(13(17)18)8-9-4-2-3-5-11(9)16-12/h8,15H,2-7H2,1H3,(H,14,16)(H,17,18). The van der Waals surface area contributed by atoms with Crippen molar-refractivity contribution in [2.24, 2.45) is 0 Å². The Labute approximate surface area is 123 Å². The average Bonchev–Trinajstić information content (AvgIpc) is 2.41. The number of carbonyl (C=O) groups is 1. The highest BCUT2D eigenvalue weighted by atomic mass is 32.2. The maximum absolute atomic E-state index is 11.3. The quantitative estimate of drug-likeness (QED) is 0.664. The molecule has 0 bridgehead atoms. The van der Waals surface area contributed by atoms with Gasteiger partial charge in [0, 0.05) is 18.8 Å². The third-order valence-corrected chi connectivity index (χ3v) is 4.04. The van der Waals surface area contributed by atoms with Crippen LogP contribution in [0.25, 0.3) is 0 Å². The molecule has 0 amide bonds. The minimum atomic E-state index is -3.25. The molecule has 0 fully saturated rings. The van der Waals surface area contributed by atoms with Gasteiger partial charge in [-0.1, -0.05) is 0 Å². The van der Waals surface area contributed by atoms with Gasteiger partial charge in [-0.05, 0) is 37.3 Å². The van der Waals surface area contributed by atoms with E-state index in [9.17, 15) is 18.3 Å². The number of fused-ring (bicyclic) bond motifs is 1. The van der Waals surface area contributed by atoms with Gasteiger partial charge in [0.05, 0.1) is 6.26 Å². The third-order valence-electron chi connectivity index (χ3n) is 3.31. The van der Waals surface area contributed by atoms with Gasteiger partial charge in [0.15, 0.2) is 0 Å². The van der Waals surface area contributed by atoms with E-state index in [2.05, 4.69) is 15.0 Å². The molecule has 3 N–H and O–H groups in total. The summed E-state index contributed by atoms with van der Waals surface area (Å²) in [5.41, 5.74) is 2.07. The van der Waals surface area contributed by atoms with Crippen molar-refractivity contribution in [3.05, 3.63) is 22.9 Å². The van der Waals surface area contributed by atoms with Gasteiger partial charge in [-0.3, -0.25) is 0 Å². The number of carboxylic acids is 1. The molecule has 0 aliphatic heterocycles. The lowest BCUT2D eigenvalue weighted by Crippen LogP contribution is -2.28. The average molecular weight is 313 g/mol. The van der Waals surface area contributed by atoms with Crippen LogP contribution in [0, 0.1) is 0 Å². The van der Waals surface area contributed by atoms with Gasteiger partial charge in [-0.15, -0.1) is 0 Å². The van der Waals surface area contributed by atoms with Gasteiger partial charge in [0.25, 0.3) is 0 Å². The van der Waals surface area contributed by atoms with E-state index < -0.39 is 16.0 Å². The van der Waals surface area contributed by atoms with Crippen molar-refractivity contribution in [3.63, 3.8) is 0 Å². The molecule has 0 aromatic carbocycles. The Balaban J connectivity index is 2.12. The molecule has 1 aromatic heterocycles. The maximum atomic E-state index is 11.3. The molecular formula is C13H19N3O4S. The lowest BCUT2D eigenvalue weighted by Gasteiger charge is -2.18. The second-order valence-electron chi connectivity index (χ2n) is 5.10. The fourth-order valence-corrected chi connectivity index (χ4v) is 2.82. The molecule has 0 atom stereocenters. The minimum Gasteiger partial charge on any atom is -0.478 e. The van der Waals surface area contributed by atoms with Crippen LogP contribution in [-0.2, 0) is 22.9 Å². The Morgan fingerprint density at radius 3 is 2.71 bits per heavy atom. The van der Waals surface area contributed by atoms with Crippen molar-refractivity contribution in [2.45, 2.75) is 25.7 Å². The summed E-state index contributed by atoms with van der Waals surface area (Å²) in [7, 11) is -3.25. The number of anilines is 1. The molecule has 1 aliphatic rings. The Bertz CT molecular complexity index is 643. The molecule has 21 heavy (non-hydrogen) atoms. The first-order valence-corrected chi connectivity index (χ1v) is 8.70. The van der Waals surface area contributed by atoms with E-state index in [1.54, 1.807) is 6.07 Å². The summed E-state index contributed by atoms with van der Waals surface area (Å²) < 4.78 is 24.3. The van der Waals surface area contributed by atoms with Crippen LogP contribution in [0.4, 0.5) is 5.82 Å². The molecule has 0 spiro atoms. The van der Waals surface area contributed by atoms with Crippen LogP contribution < -0.4 is 10.0 Å². The highest BCUT2D eigenvalue weighted by molar-refractivity contribution is 7.88. The van der Waals surface area contributed by atoms with Crippen LogP contribution in [0.1, 0.15) is 34.5 Å². The van der Waals surface area contributed by atoms with Crippen LogP contribution in [0.15, 0.2) is 6.07 Å². The van der Waals surface area contributed by atoms with Crippen LogP contribution in [0.2, 0.25) is 0 Å². The zero-order chi connectivity index (χ0) is 15.5. The molecule has 1 aliphatic carbocycles. The fourth-order valence-electron chi connectivity index (χ4n) is 2.35. The second-order valence-corrected chi connectivity index (χ2v) is 6.93. The van der Waals surface area contributed by atoms with Crippen LogP contribution in [0.5, 0.6) is 0 Å². The van der Waals surface area contributed by atoms with E-state index in [1.165, 1.54) is 0 Å². The summed E-state index contributed by atoms with van der Waals surface area (Å²) in [4.78, 5) is 15.7. The van der Waals surface area contributed by atoms with E-state index in [1.807, 2.05) is 0 Å². The summed E-state index contributed by atoms with van der Waals surface area (Å²) in [6, 6.07) is 1.68. The molecule has 0 saturated carbocycles. The number of pyridine rings is 1. The lowest BCUT2D eigenvalue weighted by atomic mass is 9.95. The zero-order valence-corrected chi connectivity index (χ0v) is 12.7. The van der Waals surface area contributed by atoms with E-state index in [0.29, 0.717) is 5.82 Å². The van der Waals surface area contributed by atoms with Gasteiger partial charge >= 0.3 is 5.97 Å². The summed E-state index contributed by atoms with van der Waals surface area (Å²) in [6.45, 7) is 0.454. The molecule has 2 rings (SSSR count). The fraction of sp³-hybridized carbons (Fsp3) is 0.538. The Kier molecular flexibility index (Phi) is 4.79. The number of hydrogen-bond acceptors (Lipinski definition) is 5. The predicted molar refractivity (Wildman–Crippen MR) is 79.2 cm³/mol. The number of aromatic nitrogens is 1. The summed E-state index contributed by atoms with van der Waals surface area (Å²) in [5, 5.41) is 12.2. The molecule has 1 heterocycles. The van der Waals surface area contributed by atoms with Crippen molar-refractivity contribution in [1.29, 1.82) is 0 Å². The van der Waals surface area contributed by atoms with E-state index in [-0.39, 0.29) is 18.7 Å². The first-order valence-electron chi connectivity index (χ1n) is 6.81. The number of aryl methyl sites for hydroxylation is 2. The van der Waals surface area contributed by atoms with Crippen molar-refractivity contribution >= 4 is 21.8 Å². The van der Waals surface area contributed by atoms with Crippen molar-refractivity contribution in [3.8, 4) is 0 Å². The maximum Gasteiger partial charge on any atom is 0.339 e. The van der Waals surface area contributed by atoms with E-state index >= 15 is 0 Å². The highest BCUT2D eigenvalue weighted by Crippen LogP contribution is 2.24. The topological polar surface area (TPSA) is 108 Å². The number of hydrogen-bond donors (Lipinski definition) is 3. The zero-order valence-electron chi connectivity index (χ0n) is 11.8. The van der Waals surface area contributed by atoms with Gasteiger partial charge in [0.1, 0.15) is 11.4 Å². The van der Waals surface area contributed by atoms with Crippen molar-refractivity contribution < 1.29 is 18.3 Å². The number of rotatable bonds is 6. The summed E-state index contributed by atoms with van der Waals surface area (Å²) in [6.07, 6.45) is 4.90. The number of carboxylic acid groups (broad SMARTS) is 1. The van der Waals surface area contributed by atoms with Gasteiger partial charge < -0.3 is 10.4 Å². The van der Waals surface area contributed by atoms with Crippen molar-refractivity contribution in [1.82, 2.24) is 9.71 Å². The van der Waals surface area contributed by atoms with Crippen LogP contribution in [-0.4, -0.2) is 43.8 Å². The molecule has 1 aromatic rings. The Morgan fingerprint density at radius 1 is 1.33 bits per heavy atom. The van der Waals surface area contributed by atoms with Gasteiger partial charge in [0.2, 0.25) is 10.0 Å².